The third kappa shape index (κ3) is 6.71. The van der Waals surface area contributed by atoms with Crippen LogP contribution in [0.25, 0.3) is 0 Å². The molecule has 0 fully saturated rings. The van der Waals surface area contributed by atoms with E-state index in [-0.39, 0.29) is 24.8 Å². The number of ether oxygens (including phenoxy) is 2. The first-order valence-electron chi connectivity index (χ1n) is 8.70. The quantitative estimate of drug-likeness (QED) is 0.549. The fourth-order valence-corrected chi connectivity index (χ4v) is 2.71. The van der Waals surface area contributed by atoms with Crippen LogP contribution in [0.5, 0.6) is 11.5 Å². The Hall–Kier alpha value is -2.27. The van der Waals surface area contributed by atoms with Gasteiger partial charge in [-0.1, -0.05) is 48.0 Å². The maximum atomic E-state index is 6.11. The van der Waals surface area contributed by atoms with E-state index >= 15 is 0 Å². The van der Waals surface area contributed by atoms with Crippen LogP contribution >= 0.6 is 24.8 Å². The minimum atomic E-state index is 0. The Morgan fingerprint density at radius 1 is 0.893 bits per heavy atom. The number of hydrogen-bond acceptors (Lipinski definition) is 4. The van der Waals surface area contributed by atoms with Crippen LogP contribution in [0.1, 0.15) is 22.3 Å². The van der Waals surface area contributed by atoms with Crippen molar-refractivity contribution in [2.24, 2.45) is 0 Å². The number of pyridine rings is 1. The van der Waals surface area contributed by atoms with Crippen molar-refractivity contribution < 1.29 is 9.47 Å². The highest BCUT2D eigenvalue weighted by Gasteiger charge is 2.11. The summed E-state index contributed by atoms with van der Waals surface area (Å²) in [5.41, 5.74) is 4.60. The van der Waals surface area contributed by atoms with Crippen molar-refractivity contribution in [3.8, 4) is 11.5 Å². The highest BCUT2D eigenvalue weighted by atomic mass is 35.5. The second-order valence-corrected chi connectivity index (χ2v) is 6.19. The molecule has 1 aromatic heterocycles. The van der Waals surface area contributed by atoms with Crippen molar-refractivity contribution in [2.45, 2.75) is 26.6 Å². The lowest BCUT2D eigenvalue weighted by Gasteiger charge is -2.16. The summed E-state index contributed by atoms with van der Waals surface area (Å²) in [6.45, 7) is 4.03. The van der Waals surface area contributed by atoms with Gasteiger partial charge in [0.05, 0.1) is 7.11 Å². The van der Waals surface area contributed by atoms with Crippen LogP contribution in [0.15, 0.2) is 67.0 Å². The number of rotatable bonds is 8. The van der Waals surface area contributed by atoms with E-state index in [4.69, 9.17) is 9.47 Å². The van der Waals surface area contributed by atoms with Crippen molar-refractivity contribution in [3.63, 3.8) is 0 Å². The predicted molar refractivity (Wildman–Crippen MR) is 118 cm³/mol. The Morgan fingerprint density at radius 2 is 1.68 bits per heavy atom. The van der Waals surface area contributed by atoms with Gasteiger partial charge in [-0.05, 0) is 30.2 Å². The largest absolute Gasteiger partial charge is 0.493 e. The van der Waals surface area contributed by atoms with E-state index in [0.717, 1.165) is 34.7 Å². The van der Waals surface area contributed by atoms with Gasteiger partial charge < -0.3 is 14.8 Å². The molecular formula is C22H26Cl2N2O2. The van der Waals surface area contributed by atoms with E-state index < -0.39 is 0 Å². The van der Waals surface area contributed by atoms with E-state index in [0.29, 0.717) is 13.2 Å². The van der Waals surface area contributed by atoms with Gasteiger partial charge in [0.15, 0.2) is 11.5 Å². The van der Waals surface area contributed by atoms with Crippen molar-refractivity contribution in [1.29, 1.82) is 0 Å². The fourth-order valence-electron chi connectivity index (χ4n) is 2.71. The molecule has 0 bridgehead atoms. The summed E-state index contributed by atoms with van der Waals surface area (Å²) >= 11 is 0. The van der Waals surface area contributed by atoms with Gasteiger partial charge in [-0.25, -0.2) is 0 Å². The summed E-state index contributed by atoms with van der Waals surface area (Å²) in [6, 6.07) is 18.3. The third-order valence-electron chi connectivity index (χ3n) is 4.15. The summed E-state index contributed by atoms with van der Waals surface area (Å²) < 4.78 is 11.6. The lowest BCUT2D eigenvalue weighted by molar-refractivity contribution is 0.280. The van der Waals surface area contributed by atoms with Crippen molar-refractivity contribution in [3.05, 3.63) is 89.2 Å². The lowest BCUT2D eigenvalue weighted by atomic mass is 10.1. The smallest absolute Gasteiger partial charge is 0.166 e. The van der Waals surface area contributed by atoms with Gasteiger partial charge in [0, 0.05) is 31.0 Å². The Balaban J connectivity index is 0.00000196. The molecule has 0 spiro atoms. The summed E-state index contributed by atoms with van der Waals surface area (Å²) in [5, 5.41) is 3.44. The zero-order chi connectivity index (χ0) is 18.2. The number of methoxy groups -OCH3 is 1. The standard InChI is InChI=1S/C22H24N2O2.2ClH/c1-17-8-10-18(11-9-17)16-26-22-20(6-3-7-21(22)25-2)15-24-14-19-5-4-12-23-13-19;;/h3-13,24H,14-16H2,1-2H3;2*1H. The van der Waals surface area contributed by atoms with Gasteiger partial charge in [-0.2, -0.15) is 0 Å². The number of nitrogens with zero attached hydrogens (tertiary/aromatic N) is 1. The summed E-state index contributed by atoms with van der Waals surface area (Å²) in [5.74, 6) is 1.53. The molecule has 0 aliphatic heterocycles. The van der Waals surface area contributed by atoms with Crippen LogP contribution in [0.2, 0.25) is 0 Å². The second-order valence-electron chi connectivity index (χ2n) is 6.19. The molecule has 3 rings (SSSR count). The average molecular weight is 421 g/mol. The second kappa shape index (κ2) is 12.2. The molecular weight excluding hydrogens is 395 g/mol. The van der Waals surface area contributed by atoms with E-state index in [1.54, 1.807) is 13.3 Å². The number of para-hydroxylation sites is 1. The Labute approximate surface area is 179 Å². The number of hydrogen-bond donors (Lipinski definition) is 1. The summed E-state index contributed by atoms with van der Waals surface area (Å²) in [6.07, 6.45) is 3.65. The molecule has 0 aliphatic rings. The minimum Gasteiger partial charge on any atom is -0.493 e. The fraction of sp³-hybridized carbons (Fsp3) is 0.227. The first kappa shape index (κ1) is 23.8. The molecule has 0 saturated heterocycles. The molecule has 0 radical (unpaired) electrons. The first-order valence-corrected chi connectivity index (χ1v) is 8.70. The third-order valence-corrected chi connectivity index (χ3v) is 4.15. The van der Waals surface area contributed by atoms with Crippen LogP contribution in [-0.2, 0) is 19.7 Å². The number of aromatic nitrogens is 1. The number of halogens is 2. The van der Waals surface area contributed by atoms with Gasteiger partial charge in [-0.3, -0.25) is 4.98 Å². The van der Waals surface area contributed by atoms with Gasteiger partial charge in [-0.15, -0.1) is 24.8 Å². The van der Waals surface area contributed by atoms with Gasteiger partial charge in [0.2, 0.25) is 0 Å². The highest BCUT2D eigenvalue weighted by Crippen LogP contribution is 2.31. The topological polar surface area (TPSA) is 43.4 Å². The summed E-state index contributed by atoms with van der Waals surface area (Å²) in [7, 11) is 1.67. The van der Waals surface area contributed by atoms with Crippen LogP contribution in [0.3, 0.4) is 0 Å². The number of aryl methyl sites for hydroxylation is 1. The van der Waals surface area contributed by atoms with Crippen LogP contribution in [0, 0.1) is 6.92 Å². The van der Waals surface area contributed by atoms with Gasteiger partial charge in [0.25, 0.3) is 0 Å². The maximum absolute atomic E-state index is 6.11. The molecule has 0 saturated carbocycles. The molecule has 3 aromatic rings. The molecule has 6 heteroatoms. The SMILES string of the molecule is COc1cccc(CNCc2cccnc2)c1OCc1ccc(C)cc1.Cl.Cl. The zero-order valence-electron chi connectivity index (χ0n) is 16.1. The number of nitrogens with one attached hydrogen (secondary N) is 1. The molecule has 1 heterocycles. The Bertz CT molecular complexity index is 828. The van der Waals surface area contributed by atoms with Gasteiger partial charge in [0.1, 0.15) is 6.61 Å². The molecule has 4 nitrogen and oxygen atoms in total. The molecule has 0 amide bonds. The maximum Gasteiger partial charge on any atom is 0.166 e. The zero-order valence-corrected chi connectivity index (χ0v) is 17.7. The van der Waals surface area contributed by atoms with Crippen molar-refractivity contribution in [1.82, 2.24) is 10.3 Å². The van der Waals surface area contributed by atoms with E-state index in [9.17, 15) is 0 Å². The van der Waals surface area contributed by atoms with Gasteiger partial charge >= 0.3 is 0 Å². The van der Waals surface area contributed by atoms with E-state index in [2.05, 4.69) is 53.6 Å². The first-order chi connectivity index (χ1) is 12.8. The van der Waals surface area contributed by atoms with Crippen molar-refractivity contribution >= 4 is 24.8 Å². The van der Waals surface area contributed by atoms with Crippen LogP contribution in [0.4, 0.5) is 0 Å². The normalized spacial score (nSPS) is 9.79. The average Bonchev–Trinajstić information content (AvgIpc) is 2.69. The molecule has 1 N–H and O–H groups in total. The number of benzene rings is 2. The Kier molecular flexibility index (Phi) is 10.4. The molecule has 150 valence electrons. The van der Waals surface area contributed by atoms with Crippen LogP contribution < -0.4 is 14.8 Å². The van der Waals surface area contributed by atoms with E-state index in [1.807, 2.05) is 24.4 Å². The molecule has 0 atom stereocenters. The van der Waals surface area contributed by atoms with Crippen LogP contribution in [-0.4, -0.2) is 12.1 Å². The van der Waals surface area contributed by atoms with Crippen molar-refractivity contribution in [2.75, 3.05) is 7.11 Å². The minimum absolute atomic E-state index is 0. The molecule has 28 heavy (non-hydrogen) atoms. The molecule has 2 aromatic carbocycles. The Morgan fingerprint density at radius 3 is 2.36 bits per heavy atom. The lowest BCUT2D eigenvalue weighted by Crippen LogP contribution is -2.14. The van der Waals surface area contributed by atoms with E-state index in [1.165, 1.54) is 5.56 Å². The highest BCUT2D eigenvalue weighted by molar-refractivity contribution is 5.85. The monoisotopic (exact) mass is 420 g/mol. The summed E-state index contributed by atoms with van der Waals surface area (Å²) in [4.78, 5) is 4.14. The predicted octanol–water partition coefficient (Wildman–Crippen LogP) is 5.11. The molecule has 0 unspecified atom stereocenters. The molecule has 0 aliphatic carbocycles.